The van der Waals surface area contributed by atoms with E-state index in [0.29, 0.717) is 17.3 Å². The number of nitrogens with zero attached hydrogens (tertiary/aromatic N) is 2. The third-order valence-corrected chi connectivity index (χ3v) is 7.46. The van der Waals surface area contributed by atoms with E-state index in [4.69, 9.17) is 11.6 Å². The number of hydrogen-bond donors (Lipinski definition) is 1. The molecule has 0 unspecified atom stereocenters. The standard InChI is InChI=1S/C23H20ClN3O3/c24-14-8-9-16-15(11-14)23(22(30)25-16)19-18(17-7-4-10-27(17)23)20(28)26(21(19)29)12-13-5-2-1-3-6-13/h1-3,5-6,8-9,11,17-19H,4,7,10,12H2,(H,25,30)/t17-,18+,19+,23+/m0/s1. The summed E-state index contributed by atoms with van der Waals surface area (Å²) in [5.74, 6) is -1.86. The van der Waals surface area contributed by atoms with E-state index in [1.807, 2.05) is 30.3 Å². The number of amides is 3. The molecule has 4 aliphatic rings. The first kappa shape index (κ1) is 18.1. The summed E-state index contributed by atoms with van der Waals surface area (Å²) in [6.07, 6.45) is 1.71. The Morgan fingerprint density at radius 1 is 1.07 bits per heavy atom. The molecule has 6 nitrogen and oxygen atoms in total. The summed E-state index contributed by atoms with van der Waals surface area (Å²) < 4.78 is 0. The molecule has 7 heteroatoms. The Kier molecular flexibility index (Phi) is 3.71. The van der Waals surface area contributed by atoms with Crippen LogP contribution in [-0.2, 0) is 26.5 Å². The van der Waals surface area contributed by atoms with E-state index in [0.717, 1.165) is 24.0 Å². The Morgan fingerprint density at radius 2 is 1.87 bits per heavy atom. The molecule has 2 aromatic rings. The Hall–Kier alpha value is -2.70. The van der Waals surface area contributed by atoms with Crippen LogP contribution in [0, 0.1) is 11.8 Å². The molecular formula is C23H20ClN3O3. The minimum absolute atomic E-state index is 0.108. The van der Waals surface area contributed by atoms with Crippen molar-refractivity contribution in [2.24, 2.45) is 11.8 Å². The molecular weight excluding hydrogens is 402 g/mol. The van der Waals surface area contributed by atoms with Gasteiger partial charge < -0.3 is 5.32 Å². The lowest BCUT2D eigenvalue weighted by Crippen LogP contribution is -2.54. The lowest BCUT2D eigenvalue weighted by Gasteiger charge is -2.36. The van der Waals surface area contributed by atoms with Gasteiger partial charge in [0.15, 0.2) is 0 Å². The minimum Gasteiger partial charge on any atom is -0.324 e. The average Bonchev–Trinajstić information content (AvgIpc) is 3.44. The monoisotopic (exact) mass is 421 g/mol. The van der Waals surface area contributed by atoms with Crippen LogP contribution in [0.5, 0.6) is 0 Å². The highest BCUT2D eigenvalue weighted by Gasteiger charge is 2.74. The van der Waals surface area contributed by atoms with Crippen molar-refractivity contribution in [3.8, 4) is 0 Å². The van der Waals surface area contributed by atoms with Crippen molar-refractivity contribution in [2.45, 2.75) is 31.0 Å². The van der Waals surface area contributed by atoms with Crippen LogP contribution in [0.15, 0.2) is 48.5 Å². The molecule has 0 saturated carbocycles. The van der Waals surface area contributed by atoms with E-state index in [1.54, 1.807) is 18.2 Å². The first-order chi connectivity index (χ1) is 14.5. The van der Waals surface area contributed by atoms with Gasteiger partial charge >= 0.3 is 0 Å². The fraction of sp³-hybridized carbons (Fsp3) is 0.348. The first-order valence-electron chi connectivity index (χ1n) is 10.3. The molecule has 30 heavy (non-hydrogen) atoms. The third kappa shape index (κ3) is 2.10. The number of benzene rings is 2. The molecule has 3 amide bonds. The molecule has 4 atom stereocenters. The van der Waals surface area contributed by atoms with Gasteiger partial charge in [0.25, 0.3) is 0 Å². The molecule has 0 radical (unpaired) electrons. The van der Waals surface area contributed by atoms with Crippen LogP contribution in [0.2, 0.25) is 5.02 Å². The molecule has 4 aliphatic heterocycles. The number of likely N-dealkylation sites (tertiary alicyclic amines) is 1. The van der Waals surface area contributed by atoms with Crippen LogP contribution in [0.4, 0.5) is 5.69 Å². The number of nitrogens with one attached hydrogen (secondary N) is 1. The largest absolute Gasteiger partial charge is 0.324 e. The predicted molar refractivity (Wildman–Crippen MR) is 110 cm³/mol. The number of rotatable bonds is 2. The molecule has 6 rings (SSSR count). The van der Waals surface area contributed by atoms with Crippen LogP contribution in [0.3, 0.4) is 0 Å². The van der Waals surface area contributed by atoms with Gasteiger partial charge in [-0.15, -0.1) is 0 Å². The van der Waals surface area contributed by atoms with E-state index in [9.17, 15) is 14.4 Å². The molecule has 3 fully saturated rings. The number of carbonyl (C=O) groups excluding carboxylic acids is 3. The maximum Gasteiger partial charge on any atom is 0.250 e. The van der Waals surface area contributed by atoms with Crippen molar-refractivity contribution in [3.63, 3.8) is 0 Å². The molecule has 0 bridgehead atoms. The number of carbonyl (C=O) groups is 3. The average molecular weight is 422 g/mol. The van der Waals surface area contributed by atoms with Crippen molar-refractivity contribution < 1.29 is 14.4 Å². The molecule has 1 N–H and O–H groups in total. The second kappa shape index (κ2) is 6.15. The van der Waals surface area contributed by atoms with Crippen molar-refractivity contribution in [1.29, 1.82) is 0 Å². The maximum absolute atomic E-state index is 13.7. The highest BCUT2D eigenvalue weighted by atomic mass is 35.5. The summed E-state index contributed by atoms with van der Waals surface area (Å²) in [5.41, 5.74) is 1.14. The van der Waals surface area contributed by atoms with E-state index in [2.05, 4.69) is 10.2 Å². The van der Waals surface area contributed by atoms with Crippen LogP contribution in [0.25, 0.3) is 0 Å². The zero-order valence-electron chi connectivity index (χ0n) is 16.2. The summed E-state index contributed by atoms with van der Waals surface area (Å²) in [6, 6.07) is 14.7. The van der Waals surface area contributed by atoms with E-state index in [1.165, 1.54) is 4.90 Å². The smallest absolute Gasteiger partial charge is 0.250 e. The zero-order chi connectivity index (χ0) is 20.6. The quantitative estimate of drug-likeness (QED) is 0.757. The fourth-order valence-corrected chi connectivity index (χ4v) is 6.33. The van der Waals surface area contributed by atoms with Crippen LogP contribution in [-0.4, -0.2) is 40.1 Å². The fourth-order valence-electron chi connectivity index (χ4n) is 6.16. The minimum atomic E-state index is -1.16. The summed E-state index contributed by atoms with van der Waals surface area (Å²) in [7, 11) is 0. The van der Waals surface area contributed by atoms with Gasteiger partial charge in [-0.25, -0.2) is 0 Å². The van der Waals surface area contributed by atoms with Crippen molar-refractivity contribution in [2.75, 3.05) is 11.9 Å². The highest BCUT2D eigenvalue weighted by molar-refractivity contribution is 6.31. The third-order valence-electron chi connectivity index (χ3n) is 7.23. The van der Waals surface area contributed by atoms with Crippen LogP contribution >= 0.6 is 11.6 Å². The van der Waals surface area contributed by atoms with Crippen molar-refractivity contribution in [1.82, 2.24) is 9.80 Å². The number of anilines is 1. The summed E-state index contributed by atoms with van der Waals surface area (Å²) in [6.45, 7) is 0.925. The Labute approximate surface area is 178 Å². The number of hydrogen-bond acceptors (Lipinski definition) is 4. The van der Waals surface area contributed by atoms with E-state index in [-0.39, 0.29) is 30.3 Å². The molecule has 152 valence electrons. The molecule has 0 aliphatic carbocycles. The van der Waals surface area contributed by atoms with Gasteiger partial charge in [0.2, 0.25) is 17.7 Å². The van der Waals surface area contributed by atoms with Crippen LogP contribution < -0.4 is 5.32 Å². The Balaban J connectivity index is 1.50. The maximum atomic E-state index is 13.7. The molecule has 1 spiro atoms. The molecule has 0 aromatic heterocycles. The summed E-state index contributed by atoms with van der Waals surface area (Å²) in [4.78, 5) is 44.1. The summed E-state index contributed by atoms with van der Waals surface area (Å²) in [5, 5.41) is 3.48. The SMILES string of the molecule is O=C1[C@@H]2[C@@H]3CCCN3[C@@]3(C(=O)Nc4ccc(Cl)cc43)[C@H]2C(=O)N1Cc1ccccc1. The second-order valence-electron chi connectivity index (χ2n) is 8.57. The van der Waals surface area contributed by atoms with E-state index < -0.39 is 17.4 Å². The highest BCUT2D eigenvalue weighted by Crippen LogP contribution is 2.60. The van der Waals surface area contributed by atoms with Gasteiger partial charge in [-0.2, -0.15) is 0 Å². The number of imide groups is 1. The van der Waals surface area contributed by atoms with Gasteiger partial charge in [-0.3, -0.25) is 24.2 Å². The van der Waals surface area contributed by atoms with Gasteiger partial charge in [-0.05, 0) is 43.1 Å². The summed E-state index contributed by atoms with van der Waals surface area (Å²) >= 11 is 6.30. The molecule has 4 heterocycles. The number of fused-ring (bicyclic) bond motifs is 7. The van der Waals surface area contributed by atoms with Gasteiger partial charge in [-0.1, -0.05) is 41.9 Å². The van der Waals surface area contributed by atoms with Gasteiger partial charge in [0.05, 0.1) is 18.4 Å². The predicted octanol–water partition coefficient (Wildman–Crippen LogP) is 2.77. The van der Waals surface area contributed by atoms with E-state index >= 15 is 0 Å². The van der Waals surface area contributed by atoms with Gasteiger partial charge in [0.1, 0.15) is 5.54 Å². The van der Waals surface area contributed by atoms with Crippen molar-refractivity contribution in [3.05, 3.63) is 64.7 Å². The Bertz CT molecular complexity index is 1100. The topological polar surface area (TPSA) is 69.7 Å². The second-order valence-corrected chi connectivity index (χ2v) is 9.00. The lowest BCUT2D eigenvalue weighted by molar-refractivity contribution is -0.146. The molecule has 2 aromatic carbocycles. The Morgan fingerprint density at radius 3 is 2.67 bits per heavy atom. The van der Waals surface area contributed by atoms with Crippen molar-refractivity contribution >= 4 is 35.0 Å². The lowest BCUT2D eigenvalue weighted by atomic mass is 9.75. The number of halogens is 1. The normalized spacial score (nSPS) is 32.0. The molecule has 3 saturated heterocycles. The van der Waals surface area contributed by atoms with Gasteiger partial charge in [0, 0.05) is 22.3 Å². The zero-order valence-corrected chi connectivity index (χ0v) is 16.9. The first-order valence-corrected chi connectivity index (χ1v) is 10.7. The van der Waals surface area contributed by atoms with Crippen LogP contribution in [0.1, 0.15) is 24.0 Å².